The number of nitrogens with one attached hydrogen (secondary N) is 1. The molecule has 4 aromatic rings. The molecule has 3 heterocycles. The van der Waals surface area contributed by atoms with Crippen molar-refractivity contribution in [1.29, 1.82) is 0 Å². The van der Waals surface area contributed by atoms with Crippen molar-refractivity contribution in [3.05, 3.63) is 82.8 Å². The van der Waals surface area contributed by atoms with Crippen molar-refractivity contribution in [3.8, 4) is 5.75 Å². The first-order chi connectivity index (χ1) is 16.2. The fourth-order valence-electron chi connectivity index (χ4n) is 4.53. The highest BCUT2D eigenvalue weighted by molar-refractivity contribution is 5.79. The molecule has 2 aromatic heterocycles. The Labute approximate surface area is 193 Å². The molecule has 0 unspecified atom stereocenters. The van der Waals surface area contributed by atoms with Crippen LogP contribution in [0.2, 0.25) is 0 Å². The van der Waals surface area contributed by atoms with Gasteiger partial charge in [-0.05, 0) is 61.6 Å². The summed E-state index contributed by atoms with van der Waals surface area (Å²) in [6.07, 6.45) is 2.15. The number of aromatic nitrogens is 2. The molecule has 0 amide bonds. The number of hydrogen-bond acceptors (Lipinski definition) is 5. The Morgan fingerprint density at radius 1 is 0.879 bits per heavy atom. The molecule has 5 rings (SSSR count). The van der Waals surface area contributed by atoms with Crippen LogP contribution in [0.1, 0.15) is 18.5 Å². The number of aromatic amines is 1. The van der Waals surface area contributed by atoms with Crippen LogP contribution in [0.15, 0.2) is 71.5 Å². The molecule has 6 nitrogen and oxygen atoms in total. The standard InChI is InChI=1S/C27H30N4O2/c32-27-12-9-22-8-11-24(19-26(22)29-27)33-18-4-15-30-13-3-14-31(17-16-30)20-23-10-7-21-5-1-2-6-25(21)28-23/h1-2,5-12,19H,3-4,13-18,20H2,(H,29,32). The van der Waals surface area contributed by atoms with Gasteiger partial charge >= 0.3 is 0 Å². The van der Waals surface area contributed by atoms with E-state index < -0.39 is 0 Å². The number of nitrogens with zero attached hydrogens (tertiary/aromatic N) is 3. The van der Waals surface area contributed by atoms with Crippen LogP contribution in [0.25, 0.3) is 21.8 Å². The van der Waals surface area contributed by atoms with Gasteiger partial charge in [0.05, 0.1) is 23.3 Å². The smallest absolute Gasteiger partial charge is 0.248 e. The van der Waals surface area contributed by atoms with E-state index in [4.69, 9.17) is 9.72 Å². The van der Waals surface area contributed by atoms with Gasteiger partial charge in [-0.25, -0.2) is 0 Å². The molecule has 1 fully saturated rings. The Morgan fingerprint density at radius 3 is 2.67 bits per heavy atom. The minimum absolute atomic E-state index is 0.0914. The van der Waals surface area contributed by atoms with Crippen molar-refractivity contribution < 1.29 is 4.74 Å². The molecule has 1 N–H and O–H groups in total. The lowest BCUT2D eigenvalue weighted by Gasteiger charge is -2.21. The van der Waals surface area contributed by atoms with Crippen LogP contribution in [0.4, 0.5) is 0 Å². The van der Waals surface area contributed by atoms with E-state index in [2.05, 4.69) is 45.1 Å². The molecule has 0 atom stereocenters. The van der Waals surface area contributed by atoms with Gasteiger partial charge in [-0.1, -0.05) is 24.3 Å². The van der Waals surface area contributed by atoms with Crippen LogP contribution in [-0.2, 0) is 6.54 Å². The number of benzene rings is 2. The van der Waals surface area contributed by atoms with E-state index in [0.717, 1.165) is 73.6 Å². The lowest BCUT2D eigenvalue weighted by atomic mass is 10.2. The number of fused-ring (bicyclic) bond motifs is 2. The molecule has 1 aliphatic rings. The molecule has 0 saturated carbocycles. The summed E-state index contributed by atoms with van der Waals surface area (Å²) in [7, 11) is 0. The lowest BCUT2D eigenvalue weighted by molar-refractivity contribution is 0.228. The minimum Gasteiger partial charge on any atom is -0.493 e. The SMILES string of the molecule is O=c1ccc2ccc(OCCCN3CCCN(Cc4ccc5ccccc5n4)CC3)cc2[nH]1. The van der Waals surface area contributed by atoms with Gasteiger partial charge in [-0.2, -0.15) is 0 Å². The molecule has 2 aromatic carbocycles. The summed E-state index contributed by atoms with van der Waals surface area (Å²) in [6, 6.07) is 21.9. The number of rotatable bonds is 7. The third-order valence-corrected chi connectivity index (χ3v) is 6.31. The van der Waals surface area contributed by atoms with Crippen LogP contribution in [-0.4, -0.2) is 59.1 Å². The van der Waals surface area contributed by atoms with E-state index in [0.29, 0.717) is 6.61 Å². The molecule has 0 radical (unpaired) electrons. The van der Waals surface area contributed by atoms with Crippen LogP contribution < -0.4 is 10.3 Å². The van der Waals surface area contributed by atoms with Crippen molar-refractivity contribution in [3.63, 3.8) is 0 Å². The lowest BCUT2D eigenvalue weighted by Crippen LogP contribution is -2.31. The predicted molar refractivity (Wildman–Crippen MR) is 133 cm³/mol. The van der Waals surface area contributed by atoms with Crippen LogP contribution >= 0.6 is 0 Å². The summed E-state index contributed by atoms with van der Waals surface area (Å²) in [6.45, 7) is 6.98. The van der Waals surface area contributed by atoms with Crippen molar-refractivity contribution in [1.82, 2.24) is 19.8 Å². The van der Waals surface area contributed by atoms with Gasteiger partial charge < -0.3 is 14.6 Å². The van der Waals surface area contributed by atoms with Gasteiger partial charge in [0.2, 0.25) is 5.56 Å². The molecule has 0 spiro atoms. The highest BCUT2D eigenvalue weighted by Gasteiger charge is 2.15. The molecule has 6 heteroatoms. The van der Waals surface area contributed by atoms with E-state index in [1.807, 2.05) is 30.3 Å². The van der Waals surface area contributed by atoms with Crippen molar-refractivity contribution in [2.24, 2.45) is 0 Å². The van der Waals surface area contributed by atoms with Crippen molar-refractivity contribution >= 4 is 21.8 Å². The van der Waals surface area contributed by atoms with Crippen molar-refractivity contribution in [2.45, 2.75) is 19.4 Å². The Hall–Kier alpha value is -3.22. The maximum Gasteiger partial charge on any atom is 0.248 e. The van der Waals surface area contributed by atoms with Crippen molar-refractivity contribution in [2.75, 3.05) is 39.3 Å². The quantitative estimate of drug-likeness (QED) is 0.438. The second-order valence-corrected chi connectivity index (χ2v) is 8.74. The van der Waals surface area contributed by atoms with E-state index in [9.17, 15) is 4.79 Å². The third kappa shape index (κ3) is 5.59. The van der Waals surface area contributed by atoms with E-state index >= 15 is 0 Å². The monoisotopic (exact) mass is 442 g/mol. The minimum atomic E-state index is -0.0914. The summed E-state index contributed by atoms with van der Waals surface area (Å²) in [5, 5.41) is 2.21. The first-order valence-electron chi connectivity index (χ1n) is 11.8. The number of ether oxygens (including phenoxy) is 1. The van der Waals surface area contributed by atoms with E-state index in [1.165, 1.54) is 11.8 Å². The van der Waals surface area contributed by atoms with Crippen LogP contribution in [0.5, 0.6) is 5.75 Å². The highest BCUT2D eigenvalue weighted by atomic mass is 16.5. The highest BCUT2D eigenvalue weighted by Crippen LogP contribution is 2.18. The molecular weight excluding hydrogens is 412 g/mol. The molecule has 0 aliphatic carbocycles. The largest absolute Gasteiger partial charge is 0.493 e. The zero-order valence-corrected chi connectivity index (χ0v) is 18.9. The average molecular weight is 443 g/mol. The summed E-state index contributed by atoms with van der Waals surface area (Å²) >= 11 is 0. The number of pyridine rings is 2. The Morgan fingerprint density at radius 2 is 1.70 bits per heavy atom. The summed E-state index contributed by atoms with van der Waals surface area (Å²) in [5.41, 5.74) is 2.94. The van der Waals surface area contributed by atoms with Crippen LogP contribution in [0.3, 0.4) is 0 Å². The first kappa shape index (κ1) is 21.6. The second-order valence-electron chi connectivity index (χ2n) is 8.74. The molecule has 0 bridgehead atoms. The van der Waals surface area contributed by atoms with E-state index in [-0.39, 0.29) is 5.56 Å². The fourth-order valence-corrected chi connectivity index (χ4v) is 4.53. The number of H-pyrrole nitrogens is 1. The maximum absolute atomic E-state index is 11.5. The van der Waals surface area contributed by atoms with Gasteiger partial charge in [-0.15, -0.1) is 0 Å². The van der Waals surface area contributed by atoms with Gasteiger partial charge in [0.15, 0.2) is 0 Å². The maximum atomic E-state index is 11.5. The Bertz CT molecular complexity index is 1290. The molecule has 1 aliphatic heterocycles. The van der Waals surface area contributed by atoms with Gasteiger partial charge in [0.25, 0.3) is 0 Å². The summed E-state index contributed by atoms with van der Waals surface area (Å²) < 4.78 is 5.94. The zero-order chi connectivity index (χ0) is 22.5. The Balaban J connectivity index is 1.08. The Kier molecular flexibility index (Phi) is 6.65. The normalized spacial score (nSPS) is 15.6. The van der Waals surface area contributed by atoms with Crippen LogP contribution in [0, 0.1) is 0 Å². The molecular formula is C27H30N4O2. The summed E-state index contributed by atoms with van der Waals surface area (Å²) in [4.78, 5) is 24.3. The molecule has 170 valence electrons. The van der Waals surface area contributed by atoms with Gasteiger partial charge in [0.1, 0.15) is 5.75 Å². The van der Waals surface area contributed by atoms with E-state index in [1.54, 1.807) is 6.07 Å². The number of para-hydroxylation sites is 1. The van der Waals surface area contributed by atoms with Gasteiger partial charge in [-0.3, -0.25) is 14.7 Å². The average Bonchev–Trinajstić information content (AvgIpc) is 3.06. The molecule has 1 saturated heterocycles. The van der Waals surface area contributed by atoms with Gasteiger partial charge in [0, 0.05) is 43.7 Å². The number of hydrogen-bond donors (Lipinski definition) is 1. The second kappa shape index (κ2) is 10.1. The molecule has 33 heavy (non-hydrogen) atoms. The fraction of sp³-hybridized carbons (Fsp3) is 0.333. The zero-order valence-electron chi connectivity index (χ0n) is 18.9. The summed E-state index contributed by atoms with van der Waals surface area (Å²) in [5.74, 6) is 0.800. The third-order valence-electron chi connectivity index (χ3n) is 6.31. The predicted octanol–water partition coefficient (Wildman–Crippen LogP) is 4.05. The topological polar surface area (TPSA) is 61.5 Å². The first-order valence-corrected chi connectivity index (χ1v) is 11.8.